The molecule has 0 aliphatic carbocycles. The molecule has 0 amide bonds. The number of halogens is 1. The van der Waals surface area contributed by atoms with Crippen molar-refractivity contribution in [3.8, 4) is 0 Å². The molecule has 80 valence electrons. The molecule has 0 aromatic rings. The van der Waals surface area contributed by atoms with Crippen LogP contribution in [0.15, 0.2) is 0 Å². The first-order valence-electron chi connectivity index (χ1n) is 6.37. The van der Waals surface area contributed by atoms with Gasteiger partial charge in [-0.05, 0) is 6.42 Å². The zero-order valence-electron chi connectivity index (χ0n) is 10.0. The quantitative estimate of drug-likeness (QED) is 0.364. The number of hydrogen-bond donors (Lipinski definition) is 0. The van der Waals surface area contributed by atoms with Gasteiger partial charge in [-0.1, -0.05) is 80.6 Å². The Morgan fingerprint density at radius 1 is 0.846 bits per heavy atom. The summed E-state index contributed by atoms with van der Waals surface area (Å²) in [5.41, 5.74) is 0. The molecular weight excluding hydrogens is 224 g/mol. The second-order valence-electron chi connectivity index (χ2n) is 3.68. The highest BCUT2D eigenvalue weighted by molar-refractivity contribution is 9.09. The second kappa shape index (κ2) is 12.5. The van der Waals surface area contributed by atoms with E-state index < -0.39 is 0 Å². The summed E-state index contributed by atoms with van der Waals surface area (Å²) in [6, 6.07) is 0. The van der Waals surface area contributed by atoms with Gasteiger partial charge >= 0.3 is 0 Å². The fourth-order valence-corrected chi connectivity index (χ4v) is 1.76. The monoisotopic (exact) mass is 249 g/mol. The number of alkyl halides is 1. The molecule has 0 N–H and O–H groups in total. The Kier molecular flexibility index (Phi) is 11.1. The first-order chi connectivity index (χ1) is 6.81. The predicted molar refractivity (Wildman–Crippen MR) is 65.6 cm³/mol. The fraction of sp³-hybridized carbons (Fsp3) is 1.00. The maximum absolute atomic E-state index is 7.77. The molecule has 0 aliphatic heterocycles. The molecule has 0 nitrogen and oxygen atoms in total. The van der Waals surface area contributed by atoms with Crippen LogP contribution in [0.5, 0.6) is 0 Å². The van der Waals surface area contributed by atoms with Crippen LogP contribution in [-0.2, 0) is 0 Å². The third-order valence-electron chi connectivity index (χ3n) is 2.30. The molecule has 1 atom stereocenters. The van der Waals surface area contributed by atoms with Crippen LogP contribution in [0.4, 0.5) is 0 Å². The van der Waals surface area contributed by atoms with Gasteiger partial charge in [-0.3, -0.25) is 0 Å². The molecule has 0 aliphatic rings. The normalized spacial score (nSPS) is 14.2. The average Bonchev–Trinajstić information content (AvgIpc) is 2.20. The minimum atomic E-state index is 0.193. The summed E-state index contributed by atoms with van der Waals surface area (Å²) in [5.74, 6) is 0. The van der Waals surface area contributed by atoms with Gasteiger partial charge in [0.2, 0.25) is 0 Å². The second-order valence-corrected chi connectivity index (χ2v) is 4.47. The molecule has 0 spiro atoms. The van der Waals surface area contributed by atoms with E-state index in [2.05, 4.69) is 22.9 Å². The van der Waals surface area contributed by atoms with E-state index in [0.29, 0.717) is 0 Å². The molecule has 13 heavy (non-hydrogen) atoms. The third-order valence-corrected chi connectivity index (χ3v) is 2.86. The largest absolute Gasteiger partial charge is 0.0928 e. The Labute approximate surface area is 94.0 Å². The zero-order chi connectivity index (χ0) is 10.6. The van der Waals surface area contributed by atoms with E-state index in [-0.39, 0.29) is 6.40 Å². The van der Waals surface area contributed by atoms with Crippen LogP contribution in [0.1, 0.15) is 72.5 Å². The predicted octanol–water partition coefficient (Wildman–Crippen LogP) is 5.30. The summed E-state index contributed by atoms with van der Waals surface area (Å²) < 4.78 is 7.77. The Hall–Kier alpha value is 0.480. The molecule has 0 rings (SSSR count). The molecule has 0 radical (unpaired) electrons. The standard InChI is InChI=1S/C12H25Br/c1-2-3-4-5-6-7-8-9-10-11-12-13/h2-12H2,1H3/i9D. The van der Waals surface area contributed by atoms with Crippen molar-refractivity contribution in [3.05, 3.63) is 0 Å². The van der Waals surface area contributed by atoms with Gasteiger partial charge in [-0.25, -0.2) is 0 Å². The number of unbranched alkanes of at least 4 members (excludes halogenated alkanes) is 5. The van der Waals surface area contributed by atoms with Gasteiger partial charge in [0.1, 0.15) is 0 Å². The van der Waals surface area contributed by atoms with Crippen molar-refractivity contribution in [2.45, 2.75) is 71.1 Å². The maximum Gasteiger partial charge on any atom is 0.0267 e. The van der Waals surface area contributed by atoms with Gasteiger partial charge < -0.3 is 0 Å². The first kappa shape index (κ1) is 11.6. The minimum Gasteiger partial charge on any atom is -0.0928 e. The van der Waals surface area contributed by atoms with E-state index in [9.17, 15) is 0 Å². The van der Waals surface area contributed by atoms with E-state index in [4.69, 9.17) is 1.37 Å². The van der Waals surface area contributed by atoms with Gasteiger partial charge in [-0.2, -0.15) is 0 Å². The van der Waals surface area contributed by atoms with E-state index in [1.165, 1.54) is 38.5 Å². The molecule has 1 heteroatoms. The maximum atomic E-state index is 7.77. The third kappa shape index (κ3) is 12.5. The van der Waals surface area contributed by atoms with Crippen LogP contribution in [0.25, 0.3) is 0 Å². The summed E-state index contributed by atoms with van der Waals surface area (Å²) in [4.78, 5) is 0. The molecule has 0 fully saturated rings. The summed E-state index contributed by atoms with van der Waals surface area (Å²) in [5, 5.41) is 1.05. The highest BCUT2D eigenvalue weighted by atomic mass is 79.9. The van der Waals surface area contributed by atoms with E-state index in [1.807, 2.05) is 0 Å². The summed E-state index contributed by atoms with van der Waals surface area (Å²) in [6.07, 6.45) is 11.6. The van der Waals surface area contributed by atoms with Crippen molar-refractivity contribution in [2.24, 2.45) is 0 Å². The first-order valence-corrected chi connectivity index (χ1v) is 6.91. The Bertz CT molecular complexity index is 106. The Morgan fingerprint density at radius 2 is 1.38 bits per heavy atom. The molecular formula is C12H25Br. The smallest absolute Gasteiger partial charge is 0.0267 e. The molecule has 0 heterocycles. The summed E-state index contributed by atoms with van der Waals surface area (Å²) in [6.45, 7) is 2.25. The van der Waals surface area contributed by atoms with E-state index in [1.54, 1.807) is 0 Å². The van der Waals surface area contributed by atoms with Gasteiger partial charge in [0.15, 0.2) is 0 Å². The molecule has 0 bridgehead atoms. The van der Waals surface area contributed by atoms with Crippen molar-refractivity contribution < 1.29 is 1.37 Å². The van der Waals surface area contributed by atoms with E-state index >= 15 is 0 Å². The van der Waals surface area contributed by atoms with Gasteiger partial charge in [-0.15, -0.1) is 0 Å². The van der Waals surface area contributed by atoms with Gasteiger partial charge in [0.05, 0.1) is 0 Å². The molecule has 0 aromatic carbocycles. The highest BCUT2D eigenvalue weighted by Gasteiger charge is 1.91. The summed E-state index contributed by atoms with van der Waals surface area (Å²) >= 11 is 3.40. The summed E-state index contributed by atoms with van der Waals surface area (Å²) in [7, 11) is 0. The van der Waals surface area contributed by atoms with Crippen molar-refractivity contribution >= 4 is 15.9 Å². The van der Waals surface area contributed by atoms with Crippen LogP contribution in [0.3, 0.4) is 0 Å². The van der Waals surface area contributed by atoms with Crippen LogP contribution >= 0.6 is 15.9 Å². The molecule has 1 unspecified atom stereocenters. The van der Waals surface area contributed by atoms with Crippen molar-refractivity contribution in [1.29, 1.82) is 0 Å². The Balaban J connectivity index is 3.02. The van der Waals surface area contributed by atoms with Crippen LogP contribution < -0.4 is 0 Å². The Morgan fingerprint density at radius 3 is 2.00 bits per heavy atom. The highest BCUT2D eigenvalue weighted by Crippen LogP contribution is 2.10. The van der Waals surface area contributed by atoms with Crippen LogP contribution in [0, 0.1) is 0 Å². The number of hydrogen-bond acceptors (Lipinski definition) is 0. The lowest BCUT2D eigenvalue weighted by Gasteiger charge is -2.00. The minimum absolute atomic E-state index is 0.193. The number of rotatable bonds is 10. The average molecular weight is 250 g/mol. The van der Waals surface area contributed by atoms with Gasteiger partial charge in [0.25, 0.3) is 0 Å². The lowest BCUT2D eigenvalue weighted by molar-refractivity contribution is 0.563. The molecule has 0 saturated carbocycles. The SMILES string of the molecule is [2H]C(CCCBr)CCCCCCCC. The van der Waals surface area contributed by atoms with E-state index in [0.717, 1.165) is 24.6 Å². The topological polar surface area (TPSA) is 0 Å². The van der Waals surface area contributed by atoms with Crippen molar-refractivity contribution in [2.75, 3.05) is 5.33 Å². The fourth-order valence-electron chi connectivity index (χ4n) is 1.43. The van der Waals surface area contributed by atoms with Crippen molar-refractivity contribution in [1.82, 2.24) is 0 Å². The van der Waals surface area contributed by atoms with Crippen LogP contribution in [0.2, 0.25) is 0 Å². The molecule has 0 aromatic heterocycles. The zero-order valence-corrected chi connectivity index (χ0v) is 10.6. The lowest BCUT2D eigenvalue weighted by Crippen LogP contribution is -1.81. The van der Waals surface area contributed by atoms with Crippen molar-refractivity contribution in [3.63, 3.8) is 0 Å². The molecule has 0 saturated heterocycles. The lowest BCUT2D eigenvalue weighted by atomic mass is 10.1. The van der Waals surface area contributed by atoms with Gasteiger partial charge in [0, 0.05) is 6.70 Å². The van der Waals surface area contributed by atoms with Crippen LogP contribution in [-0.4, -0.2) is 5.33 Å².